The van der Waals surface area contributed by atoms with Crippen LogP contribution in [0.4, 0.5) is 0 Å². The van der Waals surface area contributed by atoms with Crippen molar-refractivity contribution in [3.05, 3.63) is 29.8 Å². The molecule has 1 aliphatic carbocycles. The van der Waals surface area contributed by atoms with E-state index in [4.69, 9.17) is 9.47 Å². The van der Waals surface area contributed by atoms with Crippen LogP contribution in [-0.4, -0.2) is 32.9 Å². The number of ether oxygens (including phenoxy) is 2. The van der Waals surface area contributed by atoms with E-state index in [1.54, 1.807) is 7.11 Å². The Morgan fingerprint density at radius 3 is 2.79 bits per heavy atom. The molecule has 3 nitrogen and oxygen atoms in total. The summed E-state index contributed by atoms with van der Waals surface area (Å²) >= 11 is 0. The molecular formula is C16H25NO2. The number of rotatable bonds is 8. The van der Waals surface area contributed by atoms with Crippen molar-refractivity contribution >= 4 is 0 Å². The first-order chi connectivity index (χ1) is 9.35. The summed E-state index contributed by atoms with van der Waals surface area (Å²) in [5.74, 6) is 1.68. The minimum atomic E-state index is 0.653. The predicted molar refractivity (Wildman–Crippen MR) is 77.9 cm³/mol. The van der Waals surface area contributed by atoms with Crippen molar-refractivity contribution in [2.24, 2.45) is 0 Å². The molecule has 0 aromatic heterocycles. The maximum atomic E-state index is 5.43. The molecule has 0 aliphatic heterocycles. The first-order valence-electron chi connectivity index (χ1n) is 7.29. The summed E-state index contributed by atoms with van der Waals surface area (Å²) in [6, 6.07) is 9.04. The van der Waals surface area contributed by atoms with Gasteiger partial charge in [0.25, 0.3) is 0 Å². The minimum absolute atomic E-state index is 0.653. The SMILES string of the molecule is CCOCCCNC1CC(c2ccccc2OC)C1. The first-order valence-corrected chi connectivity index (χ1v) is 7.29. The molecule has 2 rings (SSSR count). The smallest absolute Gasteiger partial charge is 0.122 e. The molecule has 0 amide bonds. The highest BCUT2D eigenvalue weighted by molar-refractivity contribution is 5.37. The third-order valence-electron chi connectivity index (χ3n) is 3.82. The van der Waals surface area contributed by atoms with Gasteiger partial charge >= 0.3 is 0 Å². The summed E-state index contributed by atoms with van der Waals surface area (Å²) in [5.41, 5.74) is 1.36. The second-order valence-electron chi connectivity index (χ2n) is 5.11. The zero-order valence-corrected chi connectivity index (χ0v) is 12.0. The lowest BCUT2D eigenvalue weighted by Crippen LogP contribution is -2.40. The zero-order valence-electron chi connectivity index (χ0n) is 12.0. The lowest BCUT2D eigenvalue weighted by atomic mass is 9.75. The Balaban J connectivity index is 1.68. The van der Waals surface area contributed by atoms with Gasteiger partial charge in [0.15, 0.2) is 0 Å². The number of para-hydroxylation sites is 1. The fourth-order valence-electron chi connectivity index (χ4n) is 2.67. The maximum absolute atomic E-state index is 5.43. The number of benzene rings is 1. The fraction of sp³-hybridized carbons (Fsp3) is 0.625. The number of hydrogen-bond donors (Lipinski definition) is 1. The van der Waals surface area contributed by atoms with Crippen LogP contribution in [0, 0.1) is 0 Å². The Labute approximate surface area is 116 Å². The van der Waals surface area contributed by atoms with Gasteiger partial charge in [-0.05, 0) is 50.3 Å². The van der Waals surface area contributed by atoms with E-state index in [2.05, 4.69) is 23.5 Å². The van der Waals surface area contributed by atoms with E-state index in [1.807, 2.05) is 13.0 Å². The Bertz CT molecular complexity index is 375. The van der Waals surface area contributed by atoms with E-state index in [0.717, 1.165) is 31.9 Å². The number of methoxy groups -OCH3 is 1. The third kappa shape index (κ3) is 3.95. The molecule has 1 aromatic carbocycles. The second kappa shape index (κ2) is 7.51. The van der Waals surface area contributed by atoms with Crippen molar-refractivity contribution in [3.63, 3.8) is 0 Å². The summed E-state index contributed by atoms with van der Waals surface area (Å²) in [6.45, 7) is 4.78. The van der Waals surface area contributed by atoms with Gasteiger partial charge in [-0.1, -0.05) is 18.2 Å². The Hall–Kier alpha value is -1.06. The van der Waals surface area contributed by atoms with E-state index < -0.39 is 0 Å². The molecule has 0 heterocycles. The average Bonchev–Trinajstić information content (AvgIpc) is 2.40. The van der Waals surface area contributed by atoms with E-state index in [-0.39, 0.29) is 0 Å². The quantitative estimate of drug-likeness (QED) is 0.731. The molecular weight excluding hydrogens is 238 g/mol. The Morgan fingerprint density at radius 1 is 1.26 bits per heavy atom. The summed E-state index contributed by atoms with van der Waals surface area (Å²) in [6.07, 6.45) is 3.54. The van der Waals surface area contributed by atoms with Crippen molar-refractivity contribution in [1.29, 1.82) is 0 Å². The lowest BCUT2D eigenvalue weighted by Gasteiger charge is -2.37. The van der Waals surface area contributed by atoms with Gasteiger partial charge < -0.3 is 14.8 Å². The van der Waals surface area contributed by atoms with Crippen molar-refractivity contribution in [1.82, 2.24) is 5.32 Å². The van der Waals surface area contributed by atoms with Crippen LogP contribution >= 0.6 is 0 Å². The van der Waals surface area contributed by atoms with Crippen LogP contribution in [0.1, 0.15) is 37.7 Å². The highest BCUT2D eigenvalue weighted by Crippen LogP contribution is 2.40. The van der Waals surface area contributed by atoms with Gasteiger partial charge in [-0.2, -0.15) is 0 Å². The van der Waals surface area contributed by atoms with Crippen LogP contribution in [0.2, 0.25) is 0 Å². The molecule has 106 valence electrons. The summed E-state index contributed by atoms with van der Waals surface area (Å²) in [5, 5.41) is 3.59. The average molecular weight is 263 g/mol. The van der Waals surface area contributed by atoms with Gasteiger partial charge in [0.05, 0.1) is 7.11 Å². The molecule has 1 fully saturated rings. The van der Waals surface area contributed by atoms with Gasteiger partial charge in [-0.15, -0.1) is 0 Å². The molecule has 0 saturated heterocycles. The number of nitrogens with one attached hydrogen (secondary N) is 1. The fourth-order valence-corrected chi connectivity index (χ4v) is 2.67. The van der Waals surface area contributed by atoms with E-state index in [1.165, 1.54) is 18.4 Å². The van der Waals surface area contributed by atoms with E-state index in [0.29, 0.717) is 12.0 Å². The molecule has 0 atom stereocenters. The molecule has 0 radical (unpaired) electrons. The summed E-state index contributed by atoms with van der Waals surface area (Å²) < 4.78 is 10.8. The van der Waals surface area contributed by atoms with Crippen LogP contribution < -0.4 is 10.1 Å². The molecule has 3 heteroatoms. The molecule has 19 heavy (non-hydrogen) atoms. The van der Waals surface area contributed by atoms with Crippen LogP contribution in [0.15, 0.2) is 24.3 Å². The largest absolute Gasteiger partial charge is 0.496 e. The molecule has 1 N–H and O–H groups in total. The Kier molecular flexibility index (Phi) is 5.67. The normalized spacial score (nSPS) is 22.0. The van der Waals surface area contributed by atoms with E-state index >= 15 is 0 Å². The minimum Gasteiger partial charge on any atom is -0.496 e. The molecule has 0 unspecified atom stereocenters. The second-order valence-corrected chi connectivity index (χ2v) is 5.11. The molecule has 1 saturated carbocycles. The third-order valence-corrected chi connectivity index (χ3v) is 3.82. The van der Waals surface area contributed by atoms with Gasteiger partial charge in [0.2, 0.25) is 0 Å². The van der Waals surface area contributed by atoms with Gasteiger partial charge in [-0.3, -0.25) is 0 Å². The van der Waals surface area contributed by atoms with Crippen molar-refractivity contribution in [2.45, 2.75) is 38.1 Å². The van der Waals surface area contributed by atoms with Crippen LogP contribution in [0.3, 0.4) is 0 Å². The van der Waals surface area contributed by atoms with Crippen molar-refractivity contribution < 1.29 is 9.47 Å². The Morgan fingerprint density at radius 2 is 2.05 bits per heavy atom. The lowest BCUT2D eigenvalue weighted by molar-refractivity contribution is 0.142. The monoisotopic (exact) mass is 263 g/mol. The molecule has 1 aromatic rings. The van der Waals surface area contributed by atoms with Crippen LogP contribution in [-0.2, 0) is 4.74 Å². The van der Waals surface area contributed by atoms with Gasteiger partial charge in [-0.25, -0.2) is 0 Å². The zero-order chi connectivity index (χ0) is 13.5. The number of hydrogen-bond acceptors (Lipinski definition) is 3. The molecule has 1 aliphatic rings. The van der Waals surface area contributed by atoms with Gasteiger partial charge in [0, 0.05) is 19.3 Å². The van der Waals surface area contributed by atoms with E-state index in [9.17, 15) is 0 Å². The molecule has 0 bridgehead atoms. The highest BCUT2D eigenvalue weighted by atomic mass is 16.5. The van der Waals surface area contributed by atoms with Gasteiger partial charge in [0.1, 0.15) is 5.75 Å². The summed E-state index contributed by atoms with van der Waals surface area (Å²) in [7, 11) is 1.75. The predicted octanol–water partition coefficient (Wildman–Crippen LogP) is 2.96. The molecule has 0 spiro atoms. The highest BCUT2D eigenvalue weighted by Gasteiger charge is 2.31. The van der Waals surface area contributed by atoms with Crippen molar-refractivity contribution in [2.75, 3.05) is 26.9 Å². The first kappa shape index (κ1) is 14.4. The van der Waals surface area contributed by atoms with Crippen LogP contribution in [0.25, 0.3) is 0 Å². The van der Waals surface area contributed by atoms with Crippen molar-refractivity contribution in [3.8, 4) is 5.75 Å². The topological polar surface area (TPSA) is 30.5 Å². The van der Waals surface area contributed by atoms with Crippen LogP contribution in [0.5, 0.6) is 5.75 Å². The summed E-state index contributed by atoms with van der Waals surface area (Å²) in [4.78, 5) is 0. The maximum Gasteiger partial charge on any atom is 0.122 e. The standard InChI is InChI=1S/C16H25NO2/c1-3-19-10-6-9-17-14-11-13(12-14)15-7-4-5-8-16(15)18-2/h4-5,7-8,13-14,17H,3,6,9-12H2,1-2H3.